The van der Waals surface area contributed by atoms with Gasteiger partial charge in [0.15, 0.2) is 0 Å². The summed E-state index contributed by atoms with van der Waals surface area (Å²) in [6, 6.07) is 13.7. The third-order valence-electron chi connectivity index (χ3n) is 5.00. The number of aromatic nitrogens is 1. The van der Waals surface area contributed by atoms with Crippen molar-refractivity contribution < 1.29 is 9.90 Å². The number of carbonyl (C=O) groups is 1. The lowest BCUT2D eigenvalue weighted by Crippen LogP contribution is -2.42. The second-order valence-corrected chi connectivity index (χ2v) is 7.87. The van der Waals surface area contributed by atoms with E-state index in [4.69, 9.17) is 0 Å². The van der Waals surface area contributed by atoms with E-state index in [0.717, 1.165) is 23.6 Å². The molecule has 0 unspecified atom stereocenters. The molecule has 5 nitrogen and oxygen atoms in total. The van der Waals surface area contributed by atoms with Crippen molar-refractivity contribution in [2.75, 3.05) is 26.4 Å². The summed E-state index contributed by atoms with van der Waals surface area (Å²) < 4.78 is 0. The summed E-state index contributed by atoms with van der Waals surface area (Å²) in [6.07, 6.45) is 4.67. The molecular formula is C21H27N3O2S. The summed E-state index contributed by atoms with van der Waals surface area (Å²) in [5.74, 6) is -0.0157. The molecule has 2 aromatic rings. The second-order valence-electron chi connectivity index (χ2n) is 7.07. The van der Waals surface area contributed by atoms with Gasteiger partial charge in [0.1, 0.15) is 5.03 Å². The molecule has 0 bridgehead atoms. The summed E-state index contributed by atoms with van der Waals surface area (Å²) >= 11 is 1.48. The zero-order valence-corrected chi connectivity index (χ0v) is 16.7. The van der Waals surface area contributed by atoms with Crippen LogP contribution in [-0.2, 0) is 6.54 Å². The maximum absolute atomic E-state index is 13.5. The number of hydrogen-bond donors (Lipinski definition) is 1. The molecule has 3 rings (SSSR count). The third-order valence-corrected chi connectivity index (χ3v) is 5.71. The van der Waals surface area contributed by atoms with Crippen LogP contribution in [0.25, 0.3) is 0 Å². The standard InChI is InChI=1S/C21H27N3O2S/c1-23-12-10-17(13-18(25)15-23)24(14-16-7-4-3-5-8-16)21(26)19-9-6-11-22-20(19)27-2/h3-9,11,17-18,25H,10,12-15H2,1-2H3/t17-,18-/m0/s1. The average molecular weight is 386 g/mol. The van der Waals surface area contributed by atoms with Crippen LogP contribution in [0.15, 0.2) is 53.7 Å². The van der Waals surface area contributed by atoms with Gasteiger partial charge in [-0.05, 0) is 50.4 Å². The number of hydrogen-bond acceptors (Lipinski definition) is 5. The van der Waals surface area contributed by atoms with Crippen LogP contribution in [0.2, 0.25) is 0 Å². The average Bonchev–Trinajstić information content (AvgIpc) is 2.86. The van der Waals surface area contributed by atoms with Gasteiger partial charge in [0.2, 0.25) is 0 Å². The molecule has 144 valence electrons. The van der Waals surface area contributed by atoms with E-state index in [0.29, 0.717) is 25.1 Å². The van der Waals surface area contributed by atoms with E-state index in [1.165, 1.54) is 11.8 Å². The van der Waals surface area contributed by atoms with Gasteiger partial charge in [-0.2, -0.15) is 0 Å². The molecule has 1 N–H and O–H groups in total. The molecule has 2 heterocycles. The molecule has 1 aliphatic rings. The summed E-state index contributed by atoms with van der Waals surface area (Å²) in [4.78, 5) is 21.9. The zero-order chi connectivity index (χ0) is 19.2. The van der Waals surface area contributed by atoms with E-state index < -0.39 is 6.10 Å². The molecular weight excluding hydrogens is 358 g/mol. The van der Waals surface area contributed by atoms with Gasteiger partial charge in [-0.3, -0.25) is 4.79 Å². The van der Waals surface area contributed by atoms with E-state index in [2.05, 4.69) is 9.88 Å². The number of aliphatic hydroxyl groups excluding tert-OH is 1. The van der Waals surface area contributed by atoms with Gasteiger partial charge in [-0.25, -0.2) is 4.98 Å². The predicted molar refractivity (Wildman–Crippen MR) is 109 cm³/mol. The number of rotatable bonds is 5. The maximum Gasteiger partial charge on any atom is 0.257 e. The lowest BCUT2D eigenvalue weighted by molar-refractivity contribution is 0.0573. The fourth-order valence-electron chi connectivity index (χ4n) is 3.63. The van der Waals surface area contributed by atoms with Crippen molar-refractivity contribution in [3.8, 4) is 0 Å². The number of aliphatic hydroxyl groups is 1. The van der Waals surface area contributed by atoms with Gasteiger partial charge in [0.25, 0.3) is 5.91 Å². The van der Waals surface area contributed by atoms with Crippen LogP contribution in [0.4, 0.5) is 0 Å². The number of thioether (sulfide) groups is 1. The molecule has 1 fully saturated rings. The quantitative estimate of drug-likeness (QED) is 0.802. The Morgan fingerprint density at radius 3 is 2.81 bits per heavy atom. The van der Waals surface area contributed by atoms with Crippen LogP contribution in [0.3, 0.4) is 0 Å². The molecule has 1 aromatic heterocycles. The van der Waals surface area contributed by atoms with Crippen molar-refractivity contribution in [1.29, 1.82) is 0 Å². The topological polar surface area (TPSA) is 56.7 Å². The van der Waals surface area contributed by atoms with Crippen LogP contribution in [0, 0.1) is 0 Å². The highest BCUT2D eigenvalue weighted by Crippen LogP contribution is 2.25. The number of benzene rings is 1. The second kappa shape index (κ2) is 9.35. The van der Waals surface area contributed by atoms with E-state index in [1.54, 1.807) is 6.20 Å². The number of likely N-dealkylation sites (N-methyl/N-ethyl adjacent to an activating group) is 1. The lowest BCUT2D eigenvalue weighted by Gasteiger charge is -2.32. The molecule has 6 heteroatoms. The van der Waals surface area contributed by atoms with Crippen LogP contribution < -0.4 is 0 Å². The Morgan fingerprint density at radius 2 is 2.07 bits per heavy atom. The van der Waals surface area contributed by atoms with Gasteiger partial charge >= 0.3 is 0 Å². The molecule has 0 radical (unpaired) electrons. The first-order valence-electron chi connectivity index (χ1n) is 9.29. The first kappa shape index (κ1) is 19.9. The van der Waals surface area contributed by atoms with E-state index >= 15 is 0 Å². The summed E-state index contributed by atoms with van der Waals surface area (Å²) in [5, 5.41) is 11.1. The fourth-order valence-corrected chi connectivity index (χ4v) is 4.17. The molecule has 1 aromatic carbocycles. The maximum atomic E-state index is 13.5. The molecule has 27 heavy (non-hydrogen) atoms. The van der Waals surface area contributed by atoms with Gasteiger partial charge in [-0.1, -0.05) is 30.3 Å². The van der Waals surface area contributed by atoms with Crippen molar-refractivity contribution >= 4 is 17.7 Å². The number of carbonyl (C=O) groups excluding carboxylic acids is 1. The molecule has 2 atom stereocenters. The molecule has 1 aliphatic heterocycles. The highest BCUT2D eigenvalue weighted by atomic mass is 32.2. The van der Waals surface area contributed by atoms with Crippen LogP contribution >= 0.6 is 11.8 Å². The van der Waals surface area contributed by atoms with Crippen molar-refractivity contribution in [2.45, 2.75) is 36.6 Å². The van der Waals surface area contributed by atoms with Crippen molar-refractivity contribution in [3.63, 3.8) is 0 Å². The summed E-state index contributed by atoms with van der Waals surface area (Å²) in [7, 11) is 2.02. The van der Waals surface area contributed by atoms with Gasteiger partial charge < -0.3 is 14.9 Å². The number of β-amino-alcohol motifs (C(OH)–C–C–N with tert-alkyl or cyclic N) is 1. The number of amides is 1. The molecule has 1 saturated heterocycles. The Balaban J connectivity index is 1.92. The largest absolute Gasteiger partial charge is 0.392 e. The highest BCUT2D eigenvalue weighted by molar-refractivity contribution is 7.98. The Morgan fingerprint density at radius 1 is 1.30 bits per heavy atom. The highest BCUT2D eigenvalue weighted by Gasteiger charge is 2.30. The molecule has 1 amide bonds. The number of likely N-dealkylation sites (tertiary alicyclic amines) is 1. The molecule has 0 aliphatic carbocycles. The van der Waals surface area contributed by atoms with Crippen LogP contribution in [0.5, 0.6) is 0 Å². The zero-order valence-electron chi connectivity index (χ0n) is 15.9. The van der Waals surface area contributed by atoms with Gasteiger partial charge in [0.05, 0.1) is 11.7 Å². The molecule has 0 saturated carbocycles. The van der Waals surface area contributed by atoms with Crippen molar-refractivity contribution in [3.05, 3.63) is 59.8 Å². The van der Waals surface area contributed by atoms with Gasteiger partial charge in [0, 0.05) is 25.3 Å². The SMILES string of the molecule is CSc1ncccc1C(=O)N(Cc1ccccc1)[C@H]1CCN(C)C[C@@H](O)C1. The molecule has 0 spiro atoms. The minimum Gasteiger partial charge on any atom is -0.392 e. The van der Waals surface area contributed by atoms with Crippen molar-refractivity contribution in [1.82, 2.24) is 14.8 Å². The van der Waals surface area contributed by atoms with E-state index in [1.807, 2.05) is 60.7 Å². The minimum absolute atomic E-state index is 0.00688. The Kier molecular flexibility index (Phi) is 6.88. The Bertz CT molecular complexity index is 756. The van der Waals surface area contributed by atoms with Crippen molar-refractivity contribution in [2.24, 2.45) is 0 Å². The Labute approximate surface area is 165 Å². The first-order chi connectivity index (χ1) is 13.1. The normalized spacial score (nSPS) is 20.9. The van der Waals surface area contributed by atoms with E-state index in [9.17, 15) is 9.90 Å². The number of pyridine rings is 1. The first-order valence-corrected chi connectivity index (χ1v) is 10.5. The predicted octanol–water partition coefficient (Wildman–Crippen LogP) is 2.90. The third kappa shape index (κ3) is 5.09. The van der Waals surface area contributed by atoms with Crippen LogP contribution in [-0.4, -0.2) is 64.3 Å². The number of nitrogens with zero attached hydrogens (tertiary/aromatic N) is 3. The Hall–Kier alpha value is -1.89. The minimum atomic E-state index is -0.428. The van der Waals surface area contributed by atoms with E-state index in [-0.39, 0.29) is 11.9 Å². The summed E-state index contributed by atoms with van der Waals surface area (Å²) in [6.45, 7) is 2.04. The van der Waals surface area contributed by atoms with Crippen LogP contribution in [0.1, 0.15) is 28.8 Å². The monoisotopic (exact) mass is 385 g/mol. The fraction of sp³-hybridized carbons (Fsp3) is 0.429. The van der Waals surface area contributed by atoms with Gasteiger partial charge in [-0.15, -0.1) is 11.8 Å². The lowest BCUT2D eigenvalue weighted by atomic mass is 10.0. The summed E-state index contributed by atoms with van der Waals surface area (Å²) in [5.41, 5.74) is 1.72. The smallest absolute Gasteiger partial charge is 0.257 e.